The molecule has 0 radical (unpaired) electrons. The molecule has 9 heteroatoms. The number of Topliss-reactive ketones (excluding diaryl/α,β-unsaturated/α-hetero) is 1. The molecule has 0 saturated heterocycles. The first kappa shape index (κ1) is 23.8. The number of para-hydroxylation sites is 3. The number of sulfonamides is 1. The highest BCUT2D eigenvalue weighted by atomic mass is 32.2. The maximum Gasteiger partial charge on any atom is 0.338 e. The van der Waals surface area contributed by atoms with Crippen LogP contribution >= 0.6 is 0 Å². The highest BCUT2D eigenvalue weighted by Gasteiger charge is 2.24. The molecule has 0 aromatic heterocycles. The Labute approximate surface area is 192 Å². The minimum absolute atomic E-state index is 0.0162. The molecule has 0 N–H and O–H groups in total. The Bertz CT molecular complexity index is 1250. The van der Waals surface area contributed by atoms with Gasteiger partial charge in [-0.05, 0) is 48.5 Å². The van der Waals surface area contributed by atoms with E-state index in [0.29, 0.717) is 22.7 Å². The monoisotopic (exact) mass is 469 g/mol. The zero-order valence-electron chi connectivity index (χ0n) is 18.3. The van der Waals surface area contributed by atoms with Crippen molar-refractivity contribution in [3.63, 3.8) is 0 Å². The van der Waals surface area contributed by atoms with Gasteiger partial charge in [-0.25, -0.2) is 13.2 Å². The van der Waals surface area contributed by atoms with E-state index in [-0.39, 0.29) is 10.5 Å². The summed E-state index contributed by atoms with van der Waals surface area (Å²) in [5.41, 5.74) is 0.786. The van der Waals surface area contributed by atoms with E-state index in [2.05, 4.69) is 0 Å². The Kier molecular flexibility index (Phi) is 7.34. The number of anilines is 1. The van der Waals surface area contributed by atoms with Gasteiger partial charge in [0.05, 0.1) is 35.9 Å². The first-order chi connectivity index (χ1) is 15.8. The Hall–Kier alpha value is -3.85. The van der Waals surface area contributed by atoms with Gasteiger partial charge in [-0.15, -0.1) is 0 Å². The van der Waals surface area contributed by atoms with Crippen LogP contribution in [-0.4, -0.2) is 48.0 Å². The molecule has 0 aliphatic heterocycles. The largest absolute Gasteiger partial charge is 0.496 e. The van der Waals surface area contributed by atoms with Crippen LogP contribution in [0.4, 0.5) is 5.69 Å². The molecule has 172 valence electrons. The summed E-state index contributed by atoms with van der Waals surface area (Å²) in [5, 5.41) is 0. The third kappa shape index (κ3) is 5.15. The molecule has 33 heavy (non-hydrogen) atoms. The van der Waals surface area contributed by atoms with Crippen LogP contribution < -0.4 is 13.8 Å². The molecule has 0 unspecified atom stereocenters. The topological polar surface area (TPSA) is 99.2 Å². The van der Waals surface area contributed by atoms with Crippen molar-refractivity contribution in [1.29, 1.82) is 0 Å². The predicted molar refractivity (Wildman–Crippen MR) is 123 cm³/mol. The fourth-order valence-electron chi connectivity index (χ4n) is 3.11. The second-order valence-electron chi connectivity index (χ2n) is 6.87. The van der Waals surface area contributed by atoms with E-state index in [1.807, 2.05) is 0 Å². The normalized spacial score (nSPS) is 10.9. The van der Waals surface area contributed by atoms with Gasteiger partial charge >= 0.3 is 5.97 Å². The molecule has 0 fully saturated rings. The van der Waals surface area contributed by atoms with Gasteiger partial charge in [-0.3, -0.25) is 9.10 Å². The van der Waals surface area contributed by atoms with Crippen molar-refractivity contribution in [2.75, 3.05) is 32.2 Å². The van der Waals surface area contributed by atoms with E-state index < -0.39 is 28.4 Å². The average Bonchev–Trinajstić information content (AvgIpc) is 2.86. The van der Waals surface area contributed by atoms with E-state index >= 15 is 0 Å². The molecule has 0 spiro atoms. The second-order valence-corrected chi connectivity index (χ2v) is 8.84. The van der Waals surface area contributed by atoms with Gasteiger partial charge in [0.15, 0.2) is 6.61 Å². The lowest BCUT2D eigenvalue weighted by molar-refractivity contribution is 0.0474. The maximum atomic E-state index is 13.0. The highest BCUT2D eigenvalue weighted by molar-refractivity contribution is 7.92. The van der Waals surface area contributed by atoms with Crippen molar-refractivity contribution in [3.8, 4) is 11.5 Å². The van der Waals surface area contributed by atoms with E-state index in [9.17, 15) is 18.0 Å². The molecule has 3 aromatic rings. The van der Waals surface area contributed by atoms with Gasteiger partial charge in [0.1, 0.15) is 11.5 Å². The minimum atomic E-state index is -3.90. The quantitative estimate of drug-likeness (QED) is 0.349. The van der Waals surface area contributed by atoms with Crippen molar-refractivity contribution < 1.29 is 32.2 Å². The molecule has 0 atom stereocenters. The molecule has 0 bridgehead atoms. The Balaban J connectivity index is 1.71. The van der Waals surface area contributed by atoms with Crippen molar-refractivity contribution in [2.45, 2.75) is 4.90 Å². The lowest BCUT2D eigenvalue weighted by Gasteiger charge is -2.21. The van der Waals surface area contributed by atoms with Gasteiger partial charge in [0.2, 0.25) is 5.78 Å². The van der Waals surface area contributed by atoms with Crippen LogP contribution in [-0.2, 0) is 14.8 Å². The Morgan fingerprint density at radius 1 is 0.818 bits per heavy atom. The fourth-order valence-corrected chi connectivity index (χ4v) is 4.31. The second kappa shape index (κ2) is 10.2. The number of benzene rings is 3. The number of hydrogen-bond acceptors (Lipinski definition) is 7. The molecule has 0 amide bonds. The van der Waals surface area contributed by atoms with E-state index in [1.54, 1.807) is 48.5 Å². The maximum absolute atomic E-state index is 13.0. The van der Waals surface area contributed by atoms with Gasteiger partial charge in [-0.2, -0.15) is 0 Å². The first-order valence-corrected chi connectivity index (χ1v) is 11.3. The van der Waals surface area contributed by atoms with E-state index in [0.717, 1.165) is 4.31 Å². The smallest absolute Gasteiger partial charge is 0.338 e. The minimum Gasteiger partial charge on any atom is -0.496 e. The number of carbonyl (C=O) groups excluding carboxylic acids is 2. The number of nitrogens with zero attached hydrogens (tertiary/aromatic N) is 1. The SMILES string of the molecule is COc1ccccc1C(=O)COC(=O)c1ccc(S(=O)(=O)N(C)c2ccccc2OC)cc1. The van der Waals surface area contributed by atoms with E-state index in [1.165, 1.54) is 45.5 Å². The summed E-state index contributed by atoms with van der Waals surface area (Å²) in [6.07, 6.45) is 0. The number of methoxy groups -OCH3 is 2. The van der Waals surface area contributed by atoms with Crippen molar-refractivity contribution >= 4 is 27.5 Å². The third-order valence-electron chi connectivity index (χ3n) is 4.91. The summed E-state index contributed by atoms with van der Waals surface area (Å²) < 4.78 is 42.6. The van der Waals surface area contributed by atoms with Crippen LogP contribution in [0, 0.1) is 0 Å². The number of esters is 1. The van der Waals surface area contributed by atoms with Crippen LogP contribution in [0.5, 0.6) is 11.5 Å². The molecule has 0 aliphatic carbocycles. The summed E-state index contributed by atoms with van der Waals surface area (Å²) in [5.74, 6) is -0.380. The summed E-state index contributed by atoms with van der Waals surface area (Å²) in [4.78, 5) is 24.7. The Morgan fingerprint density at radius 3 is 2.03 bits per heavy atom. The predicted octanol–water partition coefficient (Wildman–Crippen LogP) is 3.57. The Morgan fingerprint density at radius 2 is 1.39 bits per heavy atom. The number of ketones is 1. The summed E-state index contributed by atoms with van der Waals surface area (Å²) in [6, 6.07) is 18.6. The van der Waals surface area contributed by atoms with Crippen LogP contribution in [0.2, 0.25) is 0 Å². The fraction of sp³-hybridized carbons (Fsp3) is 0.167. The van der Waals surface area contributed by atoms with Crippen molar-refractivity contribution in [2.24, 2.45) is 0 Å². The molecule has 0 heterocycles. The molecule has 3 aromatic carbocycles. The summed E-state index contributed by atoms with van der Waals surface area (Å²) in [6.45, 7) is -0.476. The molecule has 3 rings (SSSR count). The molecular formula is C24H23NO7S. The first-order valence-electron chi connectivity index (χ1n) is 9.85. The van der Waals surface area contributed by atoms with Crippen molar-refractivity contribution in [1.82, 2.24) is 0 Å². The van der Waals surface area contributed by atoms with Gasteiger partial charge < -0.3 is 14.2 Å². The summed E-state index contributed by atoms with van der Waals surface area (Å²) in [7, 11) is 0.412. The van der Waals surface area contributed by atoms with Gasteiger partial charge in [0.25, 0.3) is 10.0 Å². The van der Waals surface area contributed by atoms with Crippen molar-refractivity contribution in [3.05, 3.63) is 83.9 Å². The number of rotatable bonds is 9. The number of ether oxygens (including phenoxy) is 3. The van der Waals surface area contributed by atoms with Crippen LogP contribution in [0.25, 0.3) is 0 Å². The standard InChI is InChI=1S/C24H23NO7S/c1-25(20-9-5-7-11-23(20)31-3)33(28,29)18-14-12-17(13-15-18)24(27)32-16-21(26)19-8-4-6-10-22(19)30-2/h4-15H,16H2,1-3H3. The average molecular weight is 470 g/mol. The van der Waals surface area contributed by atoms with Gasteiger partial charge in [-0.1, -0.05) is 24.3 Å². The number of carbonyl (C=O) groups is 2. The van der Waals surface area contributed by atoms with Crippen LogP contribution in [0.1, 0.15) is 20.7 Å². The lowest BCUT2D eigenvalue weighted by atomic mass is 10.1. The number of hydrogen-bond donors (Lipinski definition) is 0. The van der Waals surface area contributed by atoms with Crippen LogP contribution in [0.3, 0.4) is 0 Å². The van der Waals surface area contributed by atoms with Gasteiger partial charge in [0, 0.05) is 7.05 Å². The van der Waals surface area contributed by atoms with Crippen LogP contribution in [0.15, 0.2) is 77.7 Å². The highest BCUT2D eigenvalue weighted by Crippen LogP contribution is 2.31. The van der Waals surface area contributed by atoms with E-state index in [4.69, 9.17) is 14.2 Å². The zero-order chi connectivity index (χ0) is 24.0. The zero-order valence-corrected chi connectivity index (χ0v) is 19.2. The lowest BCUT2D eigenvalue weighted by Crippen LogP contribution is -2.27. The molecule has 0 aliphatic rings. The third-order valence-corrected chi connectivity index (χ3v) is 6.70. The molecule has 0 saturated carbocycles. The summed E-state index contributed by atoms with van der Waals surface area (Å²) >= 11 is 0. The molecular weight excluding hydrogens is 446 g/mol. The molecule has 8 nitrogen and oxygen atoms in total.